The molecule has 1 aliphatic rings. The number of piperidine rings is 1. The van der Waals surface area contributed by atoms with E-state index in [-0.39, 0.29) is 24.0 Å². The summed E-state index contributed by atoms with van der Waals surface area (Å²) in [5, 5.41) is 2.28. The lowest BCUT2D eigenvalue weighted by Crippen LogP contribution is -2.41. The van der Waals surface area contributed by atoms with Gasteiger partial charge in [0.15, 0.2) is 5.78 Å². The van der Waals surface area contributed by atoms with E-state index in [9.17, 15) is 14.4 Å². The van der Waals surface area contributed by atoms with E-state index in [1.807, 2.05) is 26.8 Å². The number of carbonyl (C=O) groups is 3. The summed E-state index contributed by atoms with van der Waals surface area (Å²) in [6, 6.07) is 5.35. The third-order valence-electron chi connectivity index (χ3n) is 3.79. The van der Waals surface area contributed by atoms with Crippen molar-refractivity contribution in [2.45, 2.75) is 46.5 Å². The first-order valence-electron chi connectivity index (χ1n) is 8.09. The molecular weight excluding hydrogens is 294 g/mol. The molecule has 1 heterocycles. The van der Waals surface area contributed by atoms with Crippen molar-refractivity contribution in [3.63, 3.8) is 0 Å². The summed E-state index contributed by atoms with van der Waals surface area (Å²) in [6.45, 7) is 5.96. The number of carbonyl (C=O) groups excluding carboxylic acids is 3. The van der Waals surface area contributed by atoms with Crippen LogP contribution < -0.4 is 10.1 Å². The van der Waals surface area contributed by atoms with Crippen LogP contribution in [0.15, 0.2) is 18.2 Å². The molecule has 0 saturated carbocycles. The molecule has 1 N–H and O–H groups in total. The molecule has 2 rings (SSSR count). The molecule has 0 bridgehead atoms. The third-order valence-corrected chi connectivity index (χ3v) is 3.79. The summed E-state index contributed by atoms with van der Waals surface area (Å²) in [5.74, 6) is -0.433. The van der Waals surface area contributed by atoms with Gasteiger partial charge in [-0.25, -0.2) is 0 Å². The van der Waals surface area contributed by atoms with E-state index in [0.29, 0.717) is 30.6 Å². The van der Waals surface area contributed by atoms with Crippen molar-refractivity contribution in [3.8, 4) is 5.75 Å². The van der Waals surface area contributed by atoms with Crippen LogP contribution in [0.2, 0.25) is 0 Å². The van der Waals surface area contributed by atoms with E-state index in [2.05, 4.69) is 5.32 Å². The second-order valence-electron chi connectivity index (χ2n) is 5.12. The second kappa shape index (κ2) is 9.08. The van der Waals surface area contributed by atoms with Crippen molar-refractivity contribution in [1.82, 2.24) is 5.32 Å². The van der Waals surface area contributed by atoms with Crippen molar-refractivity contribution in [2.24, 2.45) is 5.92 Å². The second-order valence-corrected chi connectivity index (χ2v) is 5.12. The summed E-state index contributed by atoms with van der Waals surface area (Å²) in [7, 11) is 1.57. The Labute approximate surface area is 137 Å². The number of rotatable bonds is 5. The molecule has 1 aromatic carbocycles. The molecule has 0 aliphatic carbocycles. The van der Waals surface area contributed by atoms with Gasteiger partial charge in [0.05, 0.1) is 7.11 Å². The standard InChI is InChI=1S/C16H19NO4.C2H6/c1-3-11-12(5-4-6-14(11)21-2)13(18)9-10-7-8-15(19)17-16(10)20;1-2/h4-6,10H,3,7-9H2,1-2H3,(H,17,19,20);1-2H3. The van der Waals surface area contributed by atoms with Gasteiger partial charge in [0.25, 0.3) is 0 Å². The highest BCUT2D eigenvalue weighted by Gasteiger charge is 2.29. The van der Waals surface area contributed by atoms with Gasteiger partial charge in [-0.1, -0.05) is 32.9 Å². The zero-order valence-electron chi connectivity index (χ0n) is 14.3. The minimum absolute atomic E-state index is 0.0831. The van der Waals surface area contributed by atoms with Crippen molar-refractivity contribution in [3.05, 3.63) is 29.3 Å². The summed E-state index contributed by atoms with van der Waals surface area (Å²) in [6.07, 6.45) is 1.53. The number of Topliss-reactive ketones (excluding diaryl/α,β-unsaturated/α-hetero) is 1. The van der Waals surface area contributed by atoms with Crippen molar-refractivity contribution in [2.75, 3.05) is 7.11 Å². The number of benzene rings is 1. The molecule has 5 nitrogen and oxygen atoms in total. The predicted molar refractivity (Wildman–Crippen MR) is 88.5 cm³/mol. The van der Waals surface area contributed by atoms with Crippen LogP contribution in [0.4, 0.5) is 0 Å². The molecular formula is C18H25NO4. The number of hydrogen-bond acceptors (Lipinski definition) is 4. The molecule has 1 atom stereocenters. The van der Waals surface area contributed by atoms with Gasteiger partial charge in [0.2, 0.25) is 11.8 Å². The van der Waals surface area contributed by atoms with E-state index >= 15 is 0 Å². The first-order valence-corrected chi connectivity index (χ1v) is 8.09. The normalized spacial score (nSPS) is 17.0. The SMILES string of the molecule is CC.CCc1c(OC)cccc1C(=O)CC1CCC(=O)NC1=O. The Morgan fingerprint density at radius 3 is 2.57 bits per heavy atom. The van der Waals surface area contributed by atoms with Gasteiger partial charge in [-0.05, 0) is 18.9 Å². The molecule has 1 unspecified atom stereocenters. The van der Waals surface area contributed by atoms with Crippen LogP contribution in [-0.4, -0.2) is 24.7 Å². The van der Waals surface area contributed by atoms with E-state index < -0.39 is 5.92 Å². The molecule has 1 saturated heterocycles. The Bertz CT molecular complexity index is 580. The smallest absolute Gasteiger partial charge is 0.230 e. The fourth-order valence-electron chi connectivity index (χ4n) is 2.65. The lowest BCUT2D eigenvalue weighted by Gasteiger charge is -2.20. The Hall–Kier alpha value is -2.17. The van der Waals surface area contributed by atoms with Crippen LogP contribution in [0.3, 0.4) is 0 Å². The molecule has 0 radical (unpaired) electrons. The van der Waals surface area contributed by atoms with Gasteiger partial charge < -0.3 is 4.74 Å². The highest BCUT2D eigenvalue weighted by atomic mass is 16.5. The largest absolute Gasteiger partial charge is 0.496 e. The number of hydrogen-bond donors (Lipinski definition) is 1. The average Bonchev–Trinajstić information content (AvgIpc) is 2.58. The summed E-state index contributed by atoms with van der Waals surface area (Å²) < 4.78 is 5.28. The first kappa shape index (κ1) is 18.9. The Kier molecular flexibility index (Phi) is 7.45. The zero-order valence-corrected chi connectivity index (χ0v) is 14.3. The van der Waals surface area contributed by atoms with E-state index in [0.717, 1.165) is 5.56 Å². The number of methoxy groups -OCH3 is 1. The number of imide groups is 1. The molecule has 23 heavy (non-hydrogen) atoms. The van der Waals surface area contributed by atoms with Crippen molar-refractivity contribution >= 4 is 17.6 Å². The number of ketones is 1. The molecule has 2 amide bonds. The fraction of sp³-hybridized carbons (Fsp3) is 0.500. The minimum Gasteiger partial charge on any atom is -0.496 e. The highest BCUT2D eigenvalue weighted by Crippen LogP contribution is 2.26. The fourth-order valence-corrected chi connectivity index (χ4v) is 2.65. The van der Waals surface area contributed by atoms with Gasteiger partial charge in [-0.15, -0.1) is 0 Å². The van der Waals surface area contributed by atoms with Crippen molar-refractivity contribution in [1.29, 1.82) is 0 Å². The van der Waals surface area contributed by atoms with Crippen LogP contribution in [0.25, 0.3) is 0 Å². The summed E-state index contributed by atoms with van der Waals surface area (Å²) in [5.41, 5.74) is 1.46. The van der Waals surface area contributed by atoms with Gasteiger partial charge in [-0.2, -0.15) is 0 Å². The summed E-state index contributed by atoms with van der Waals surface area (Å²) >= 11 is 0. The van der Waals surface area contributed by atoms with E-state index in [1.54, 1.807) is 19.2 Å². The summed E-state index contributed by atoms with van der Waals surface area (Å²) in [4.78, 5) is 35.3. The Morgan fingerprint density at radius 2 is 2.00 bits per heavy atom. The molecule has 0 aromatic heterocycles. The third kappa shape index (κ3) is 4.65. The topological polar surface area (TPSA) is 72.5 Å². The van der Waals surface area contributed by atoms with Gasteiger partial charge >= 0.3 is 0 Å². The van der Waals surface area contributed by atoms with E-state index in [4.69, 9.17) is 4.74 Å². The van der Waals surface area contributed by atoms with Gasteiger partial charge in [0.1, 0.15) is 5.75 Å². The molecule has 1 fully saturated rings. The van der Waals surface area contributed by atoms with E-state index in [1.165, 1.54) is 0 Å². The maximum atomic E-state index is 12.5. The Balaban J connectivity index is 0.00000127. The molecule has 1 aromatic rings. The molecule has 126 valence electrons. The predicted octanol–water partition coefficient (Wildman–Crippen LogP) is 2.91. The lowest BCUT2D eigenvalue weighted by molar-refractivity contribution is -0.136. The van der Waals surface area contributed by atoms with Crippen LogP contribution in [0, 0.1) is 5.92 Å². The average molecular weight is 319 g/mol. The lowest BCUT2D eigenvalue weighted by atomic mass is 9.89. The minimum atomic E-state index is -0.425. The number of amides is 2. The maximum absolute atomic E-state index is 12.5. The number of ether oxygens (including phenoxy) is 1. The maximum Gasteiger partial charge on any atom is 0.230 e. The molecule has 0 spiro atoms. The van der Waals surface area contributed by atoms with Gasteiger partial charge in [-0.3, -0.25) is 19.7 Å². The highest BCUT2D eigenvalue weighted by molar-refractivity contribution is 6.04. The van der Waals surface area contributed by atoms with Crippen LogP contribution in [0.5, 0.6) is 5.75 Å². The van der Waals surface area contributed by atoms with Gasteiger partial charge in [0, 0.05) is 29.9 Å². The first-order chi connectivity index (χ1) is 11.1. The monoisotopic (exact) mass is 319 g/mol. The van der Waals surface area contributed by atoms with Crippen LogP contribution >= 0.6 is 0 Å². The Morgan fingerprint density at radius 1 is 1.30 bits per heavy atom. The van der Waals surface area contributed by atoms with Crippen molar-refractivity contribution < 1.29 is 19.1 Å². The quantitative estimate of drug-likeness (QED) is 0.669. The van der Waals surface area contributed by atoms with Crippen LogP contribution in [0.1, 0.15) is 56.0 Å². The molecule has 1 aliphatic heterocycles. The number of nitrogens with one attached hydrogen (secondary N) is 1. The molecule has 5 heteroatoms. The zero-order chi connectivity index (χ0) is 17.4. The van der Waals surface area contributed by atoms with Crippen LogP contribution in [-0.2, 0) is 16.0 Å².